The van der Waals surface area contributed by atoms with Gasteiger partial charge < -0.3 is 19.2 Å². The molecule has 1 aromatic carbocycles. The number of hydrogen-bond acceptors (Lipinski definition) is 6. The Morgan fingerprint density at radius 2 is 1.97 bits per heavy atom. The number of aryl methyl sites for hydroxylation is 1. The molecule has 1 N–H and O–H groups in total. The van der Waals surface area contributed by atoms with Gasteiger partial charge in [0.1, 0.15) is 27.7 Å². The maximum atomic E-state index is 12.9. The summed E-state index contributed by atoms with van der Waals surface area (Å²) in [5.41, 5.74) is 3.83. The van der Waals surface area contributed by atoms with Crippen molar-refractivity contribution in [2.75, 3.05) is 19.0 Å². The first kappa shape index (κ1) is 20.6. The van der Waals surface area contributed by atoms with Crippen LogP contribution in [0.2, 0.25) is 0 Å². The second kappa shape index (κ2) is 8.61. The Hall–Kier alpha value is -3.65. The summed E-state index contributed by atoms with van der Waals surface area (Å²) in [6.07, 6.45) is 3.51. The van der Waals surface area contributed by atoms with E-state index in [4.69, 9.17) is 9.47 Å². The Labute approximate surface area is 183 Å². The zero-order valence-corrected chi connectivity index (χ0v) is 18.2. The van der Waals surface area contributed by atoms with Crippen LogP contribution in [0.5, 0.6) is 5.75 Å². The number of rotatable bonds is 6. The molecule has 4 aromatic rings. The summed E-state index contributed by atoms with van der Waals surface area (Å²) in [7, 11) is 1.60. The molecule has 1 amide bonds. The summed E-state index contributed by atoms with van der Waals surface area (Å²) in [5.74, 6) is -0.169. The molecule has 0 atom stereocenters. The largest absolute Gasteiger partial charge is 0.497 e. The summed E-state index contributed by atoms with van der Waals surface area (Å²) >= 11 is 1.27. The van der Waals surface area contributed by atoms with Crippen molar-refractivity contribution in [3.63, 3.8) is 0 Å². The standard InChI is InChI=1S/C23H21N3O4S/c1-4-30-23(28)20-17(15-5-7-16(29-3)8-6-15)13-31-22(20)25-21(27)18-12-26-10-9-14(2)11-19(26)24-18/h5-13H,4H2,1-3H3,(H,25,27). The second-order valence-corrected chi connectivity index (χ2v) is 7.73. The molecular weight excluding hydrogens is 414 g/mol. The number of methoxy groups -OCH3 is 1. The minimum absolute atomic E-state index is 0.232. The van der Waals surface area contributed by atoms with Crippen molar-refractivity contribution in [2.45, 2.75) is 13.8 Å². The highest BCUT2D eigenvalue weighted by Gasteiger charge is 2.24. The zero-order chi connectivity index (χ0) is 22.0. The lowest BCUT2D eigenvalue weighted by Gasteiger charge is -2.08. The van der Waals surface area contributed by atoms with Gasteiger partial charge in [0.25, 0.3) is 5.91 Å². The van der Waals surface area contributed by atoms with E-state index in [1.54, 1.807) is 24.6 Å². The summed E-state index contributed by atoms with van der Waals surface area (Å²) < 4.78 is 12.2. The molecule has 0 saturated heterocycles. The van der Waals surface area contributed by atoms with Crippen molar-refractivity contribution < 1.29 is 19.1 Å². The molecule has 7 nitrogen and oxygen atoms in total. The fraction of sp³-hybridized carbons (Fsp3) is 0.174. The minimum atomic E-state index is -0.490. The predicted molar refractivity (Wildman–Crippen MR) is 120 cm³/mol. The Bertz CT molecular complexity index is 1260. The van der Waals surface area contributed by atoms with E-state index in [9.17, 15) is 9.59 Å². The molecule has 3 heterocycles. The number of imidazole rings is 1. The topological polar surface area (TPSA) is 81.9 Å². The van der Waals surface area contributed by atoms with Gasteiger partial charge in [0.05, 0.1) is 13.7 Å². The van der Waals surface area contributed by atoms with Crippen LogP contribution < -0.4 is 10.1 Å². The molecule has 0 saturated carbocycles. The van der Waals surface area contributed by atoms with Crippen LogP contribution in [-0.2, 0) is 4.74 Å². The van der Waals surface area contributed by atoms with Crippen molar-refractivity contribution >= 4 is 33.9 Å². The number of nitrogens with zero attached hydrogens (tertiary/aromatic N) is 2. The molecule has 0 aliphatic heterocycles. The number of esters is 1. The van der Waals surface area contributed by atoms with E-state index in [1.165, 1.54) is 11.3 Å². The van der Waals surface area contributed by atoms with Gasteiger partial charge in [-0.15, -0.1) is 11.3 Å². The number of fused-ring (bicyclic) bond motifs is 1. The quantitative estimate of drug-likeness (QED) is 0.440. The molecule has 0 bridgehead atoms. The van der Waals surface area contributed by atoms with Crippen LogP contribution in [0.4, 0.5) is 5.00 Å². The van der Waals surface area contributed by atoms with Gasteiger partial charge in [-0.05, 0) is 49.2 Å². The van der Waals surface area contributed by atoms with Crippen molar-refractivity contribution in [2.24, 2.45) is 0 Å². The third-order valence-corrected chi connectivity index (χ3v) is 5.64. The normalized spacial score (nSPS) is 10.8. The molecule has 3 aromatic heterocycles. The first-order valence-corrected chi connectivity index (χ1v) is 10.6. The maximum Gasteiger partial charge on any atom is 0.341 e. The number of hydrogen-bond donors (Lipinski definition) is 1. The number of anilines is 1. The number of nitrogens with one attached hydrogen (secondary N) is 1. The molecule has 8 heteroatoms. The second-order valence-electron chi connectivity index (χ2n) is 6.85. The number of carbonyl (C=O) groups is 2. The van der Waals surface area contributed by atoms with Crippen LogP contribution >= 0.6 is 11.3 Å². The number of carbonyl (C=O) groups excluding carboxylic acids is 2. The van der Waals surface area contributed by atoms with E-state index in [0.717, 1.165) is 11.1 Å². The molecule has 0 unspecified atom stereocenters. The van der Waals surface area contributed by atoms with Gasteiger partial charge in [-0.25, -0.2) is 9.78 Å². The number of amides is 1. The van der Waals surface area contributed by atoms with Crippen LogP contribution in [0.1, 0.15) is 33.3 Å². The maximum absolute atomic E-state index is 12.9. The van der Waals surface area contributed by atoms with Crippen molar-refractivity contribution in [1.29, 1.82) is 0 Å². The molecule has 158 valence electrons. The zero-order valence-electron chi connectivity index (χ0n) is 17.3. The Kier molecular flexibility index (Phi) is 5.73. The predicted octanol–water partition coefficient (Wildman–Crippen LogP) is 4.81. The van der Waals surface area contributed by atoms with Gasteiger partial charge in [0.15, 0.2) is 0 Å². The first-order valence-electron chi connectivity index (χ1n) is 9.70. The highest BCUT2D eigenvalue weighted by atomic mass is 32.1. The molecule has 0 fully saturated rings. The summed E-state index contributed by atoms with van der Waals surface area (Å²) in [6, 6.07) is 11.2. The molecule has 0 spiro atoms. The lowest BCUT2D eigenvalue weighted by atomic mass is 10.0. The van der Waals surface area contributed by atoms with Crippen LogP contribution in [0, 0.1) is 6.92 Å². The number of pyridine rings is 1. The Morgan fingerprint density at radius 1 is 1.19 bits per heavy atom. The van der Waals surface area contributed by atoms with Gasteiger partial charge in [0, 0.05) is 23.3 Å². The van der Waals surface area contributed by atoms with Crippen LogP contribution in [0.3, 0.4) is 0 Å². The molecular formula is C23H21N3O4S. The Balaban J connectivity index is 1.68. The van der Waals surface area contributed by atoms with Crippen LogP contribution in [0.25, 0.3) is 16.8 Å². The van der Waals surface area contributed by atoms with E-state index in [1.807, 2.05) is 54.9 Å². The van der Waals surface area contributed by atoms with Crippen LogP contribution in [0.15, 0.2) is 54.2 Å². The lowest BCUT2D eigenvalue weighted by molar-refractivity contribution is 0.0529. The highest BCUT2D eigenvalue weighted by Crippen LogP contribution is 2.37. The van der Waals surface area contributed by atoms with Gasteiger partial charge in [-0.2, -0.15) is 0 Å². The van der Waals surface area contributed by atoms with Gasteiger partial charge in [-0.3, -0.25) is 4.79 Å². The smallest absolute Gasteiger partial charge is 0.341 e. The monoisotopic (exact) mass is 435 g/mol. The third-order valence-electron chi connectivity index (χ3n) is 4.75. The van der Waals surface area contributed by atoms with E-state index in [-0.39, 0.29) is 12.3 Å². The highest BCUT2D eigenvalue weighted by molar-refractivity contribution is 7.15. The molecule has 31 heavy (non-hydrogen) atoms. The van der Waals surface area contributed by atoms with E-state index in [0.29, 0.717) is 27.5 Å². The summed E-state index contributed by atoms with van der Waals surface area (Å²) in [6.45, 7) is 3.94. The summed E-state index contributed by atoms with van der Waals surface area (Å²) in [4.78, 5) is 30.0. The molecule has 0 radical (unpaired) electrons. The average molecular weight is 436 g/mol. The van der Waals surface area contributed by atoms with Crippen molar-refractivity contribution in [3.8, 4) is 16.9 Å². The minimum Gasteiger partial charge on any atom is -0.497 e. The summed E-state index contributed by atoms with van der Waals surface area (Å²) in [5, 5.41) is 5.08. The Morgan fingerprint density at radius 3 is 2.68 bits per heavy atom. The van der Waals surface area contributed by atoms with E-state index < -0.39 is 11.9 Å². The van der Waals surface area contributed by atoms with E-state index in [2.05, 4.69) is 10.3 Å². The fourth-order valence-electron chi connectivity index (χ4n) is 3.20. The average Bonchev–Trinajstić information content (AvgIpc) is 3.38. The number of aromatic nitrogens is 2. The van der Waals surface area contributed by atoms with Gasteiger partial charge in [-0.1, -0.05) is 12.1 Å². The number of ether oxygens (including phenoxy) is 2. The van der Waals surface area contributed by atoms with E-state index >= 15 is 0 Å². The van der Waals surface area contributed by atoms with Gasteiger partial charge in [0.2, 0.25) is 0 Å². The van der Waals surface area contributed by atoms with Crippen molar-refractivity contribution in [3.05, 3.63) is 71.0 Å². The fourth-order valence-corrected chi connectivity index (χ4v) is 4.15. The third kappa shape index (κ3) is 4.15. The first-order chi connectivity index (χ1) is 15.0. The lowest BCUT2D eigenvalue weighted by Crippen LogP contribution is -2.15. The molecule has 0 aliphatic carbocycles. The number of thiophene rings is 1. The van der Waals surface area contributed by atoms with Crippen molar-refractivity contribution in [1.82, 2.24) is 9.38 Å². The van der Waals surface area contributed by atoms with Gasteiger partial charge >= 0.3 is 5.97 Å². The SMILES string of the molecule is CCOC(=O)c1c(-c2ccc(OC)cc2)csc1NC(=O)c1cn2ccc(C)cc2n1. The van der Waals surface area contributed by atoms with Crippen LogP contribution in [-0.4, -0.2) is 35.0 Å². The number of benzene rings is 1. The molecule has 0 aliphatic rings. The molecule has 4 rings (SSSR count).